The number of aryl methyl sites for hydroxylation is 1. The second kappa shape index (κ2) is 7.23. The molecule has 5 nitrogen and oxygen atoms in total. The summed E-state index contributed by atoms with van der Waals surface area (Å²) in [5.74, 6) is -0.453. The molecule has 7 heteroatoms. The molecule has 0 aliphatic carbocycles. The van der Waals surface area contributed by atoms with Crippen LogP contribution in [0.5, 0.6) is 0 Å². The standard InChI is InChI=1S/C18H17BrFN3O2/c1-11-8-12(19)2-7-16(11)22-18(25)21-14-9-17(24)23(10-14)15-5-3-13(20)4-6-15/h2-8,14H,9-10H2,1H3,(H2,21,22,25). The van der Waals surface area contributed by atoms with Gasteiger partial charge in [0.25, 0.3) is 0 Å². The zero-order chi connectivity index (χ0) is 18.0. The highest BCUT2D eigenvalue weighted by atomic mass is 79.9. The van der Waals surface area contributed by atoms with E-state index < -0.39 is 0 Å². The Bertz CT molecular complexity index is 810. The molecule has 0 bridgehead atoms. The van der Waals surface area contributed by atoms with Gasteiger partial charge in [-0.15, -0.1) is 0 Å². The number of carbonyl (C=O) groups is 2. The van der Waals surface area contributed by atoms with Crippen LogP contribution in [-0.2, 0) is 4.79 Å². The van der Waals surface area contributed by atoms with Gasteiger partial charge in [0, 0.05) is 28.8 Å². The molecule has 1 unspecified atom stereocenters. The van der Waals surface area contributed by atoms with E-state index in [1.165, 1.54) is 12.1 Å². The van der Waals surface area contributed by atoms with E-state index in [1.807, 2.05) is 25.1 Å². The quantitative estimate of drug-likeness (QED) is 0.814. The summed E-state index contributed by atoms with van der Waals surface area (Å²) in [5, 5.41) is 5.60. The van der Waals surface area contributed by atoms with Gasteiger partial charge in [-0.2, -0.15) is 0 Å². The van der Waals surface area contributed by atoms with Crippen LogP contribution in [0.15, 0.2) is 46.9 Å². The summed E-state index contributed by atoms with van der Waals surface area (Å²) in [4.78, 5) is 25.9. The molecule has 2 N–H and O–H groups in total. The third-order valence-corrected chi connectivity index (χ3v) is 4.53. The first-order valence-electron chi connectivity index (χ1n) is 7.82. The van der Waals surface area contributed by atoms with E-state index in [1.54, 1.807) is 17.0 Å². The Balaban J connectivity index is 1.61. The number of benzene rings is 2. The van der Waals surface area contributed by atoms with Crippen LogP contribution in [0.25, 0.3) is 0 Å². The summed E-state index contributed by atoms with van der Waals surface area (Å²) in [5.41, 5.74) is 2.26. The first-order valence-corrected chi connectivity index (χ1v) is 8.61. The minimum absolute atomic E-state index is 0.100. The lowest BCUT2D eigenvalue weighted by Gasteiger charge is -2.17. The number of urea groups is 1. The molecule has 2 aromatic carbocycles. The first kappa shape index (κ1) is 17.4. The van der Waals surface area contributed by atoms with Crippen LogP contribution in [0.1, 0.15) is 12.0 Å². The number of nitrogens with zero attached hydrogens (tertiary/aromatic N) is 1. The van der Waals surface area contributed by atoms with Crippen LogP contribution in [0, 0.1) is 12.7 Å². The predicted octanol–water partition coefficient (Wildman–Crippen LogP) is 3.82. The van der Waals surface area contributed by atoms with Crippen molar-refractivity contribution in [3.63, 3.8) is 0 Å². The summed E-state index contributed by atoms with van der Waals surface area (Å²) in [6, 6.07) is 10.6. The van der Waals surface area contributed by atoms with Crippen LogP contribution in [0.2, 0.25) is 0 Å². The van der Waals surface area contributed by atoms with E-state index >= 15 is 0 Å². The van der Waals surface area contributed by atoms with Crippen molar-refractivity contribution in [2.24, 2.45) is 0 Å². The number of hydrogen-bond donors (Lipinski definition) is 2. The predicted molar refractivity (Wildman–Crippen MR) is 98.2 cm³/mol. The summed E-state index contributed by atoms with van der Waals surface area (Å²) in [6.45, 7) is 2.26. The van der Waals surface area contributed by atoms with Gasteiger partial charge in [-0.25, -0.2) is 9.18 Å². The number of anilines is 2. The third kappa shape index (κ3) is 4.17. The van der Waals surface area contributed by atoms with Gasteiger partial charge in [-0.05, 0) is 55.0 Å². The molecular formula is C18H17BrFN3O2. The average Bonchev–Trinajstić information content (AvgIpc) is 2.91. The molecule has 1 aliphatic rings. The highest BCUT2D eigenvalue weighted by Crippen LogP contribution is 2.23. The molecule has 1 fully saturated rings. The van der Waals surface area contributed by atoms with E-state index in [9.17, 15) is 14.0 Å². The van der Waals surface area contributed by atoms with Crippen molar-refractivity contribution >= 4 is 39.2 Å². The first-order chi connectivity index (χ1) is 11.9. The Morgan fingerprint density at radius 2 is 1.96 bits per heavy atom. The molecule has 0 aromatic heterocycles. The Morgan fingerprint density at radius 1 is 1.24 bits per heavy atom. The fraction of sp³-hybridized carbons (Fsp3) is 0.222. The number of nitrogens with one attached hydrogen (secondary N) is 2. The molecule has 1 heterocycles. The molecule has 3 amide bonds. The Labute approximate surface area is 153 Å². The van der Waals surface area contributed by atoms with E-state index in [0.717, 1.165) is 10.0 Å². The monoisotopic (exact) mass is 405 g/mol. The van der Waals surface area contributed by atoms with Crippen LogP contribution < -0.4 is 15.5 Å². The minimum Gasteiger partial charge on any atom is -0.333 e. The zero-order valence-electron chi connectivity index (χ0n) is 13.6. The maximum atomic E-state index is 13.0. The molecule has 1 aliphatic heterocycles. The fourth-order valence-corrected chi connectivity index (χ4v) is 3.26. The van der Waals surface area contributed by atoms with Crippen molar-refractivity contribution in [1.82, 2.24) is 5.32 Å². The summed E-state index contributed by atoms with van der Waals surface area (Å²) < 4.78 is 13.9. The minimum atomic E-state index is -0.357. The van der Waals surface area contributed by atoms with E-state index in [-0.39, 0.29) is 30.2 Å². The van der Waals surface area contributed by atoms with Crippen molar-refractivity contribution in [3.8, 4) is 0 Å². The number of halogens is 2. The lowest BCUT2D eigenvalue weighted by Crippen LogP contribution is -2.39. The summed E-state index contributed by atoms with van der Waals surface area (Å²) in [7, 11) is 0. The molecule has 1 saturated heterocycles. The number of rotatable bonds is 3. The highest BCUT2D eigenvalue weighted by Gasteiger charge is 2.31. The van der Waals surface area contributed by atoms with E-state index in [2.05, 4.69) is 26.6 Å². The van der Waals surface area contributed by atoms with Crippen molar-refractivity contribution < 1.29 is 14.0 Å². The van der Waals surface area contributed by atoms with Gasteiger partial charge >= 0.3 is 6.03 Å². The van der Waals surface area contributed by atoms with Gasteiger partial charge in [-0.1, -0.05) is 15.9 Å². The Kier molecular flexibility index (Phi) is 5.03. The zero-order valence-corrected chi connectivity index (χ0v) is 15.1. The molecule has 130 valence electrons. The average molecular weight is 406 g/mol. The third-order valence-electron chi connectivity index (χ3n) is 4.04. The Morgan fingerprint density at radius 3 is 2.64 bits per heavy atom. The van der Waals surface area contributed by atoms with Crippen molar-refractivity contribution in [1.29, 1.82) is 0 Å². The summed E-state index contributed by atoms with van der Waals surface area (Å²) >= 11 is 3.38. The fourth-order valence-electron chi connectivity index (χ4n) is 2.79. The van der Waals surface area contributed by atoms with Gasteiger partial charge in [0.2, 0.25) is 5.91 Å². The smallest absolute Gasteiger partial charge is 0.319 e. The topological polar surface area (TPSA) is 61.4 Å². The SMILES string of the molecule is Cc1cc(Br)ccc1NC(=O)NC1CC(=O)N(c2ccc(F)cc2)C1. The molecule has 1 atom stereocenters. The molecular weight excluding hydrogens is 389 g/mol. The number of amides is 3. The lowest BCUT2D eigenvalue weighted by molar-refractivity contribution is -0.117. The lowest BCUT2D eigenvalue weighted by atomic mass is 10.2. The van der Waals surface area contributed by atoms with Gasteiger partial charge in [0.1, 0.15) is 5.82 Å². The largest absolute Gasteiger partial charge is 0.333 e. The van der Waals surface area contributed by atoms with E-state index in [0.29, 0.717) is 17.9 Å². The second-order valence-corrected chi connectivity index (χ2v) is 6.86. The molecule has 0 saturated carbocycles. The van der Waals surface area contributed by atoms with Gasteiger partial charge < -0.3 is 15.5 Å². The van der Waals surface area contributed by atoms with Crippen LogP contribution >= 0.6 is 15.9 Å². The van der Waals surface area contributed by atoms with Crippen molar-refractivity contribution in [2.45, 2.75) is 19.4 Å². The second-order valence-electron chi connectivity index (χ2n) is 5.94. The van der Waals surface area contributed by atoms with Crippen LogP contribution in [0.3, 0.4) is 0 Å². The maximum absolute atomic E-state index is 13.0. The van der Waals surface area contributed by atoms with Gasteiger partial charge in [-0.3, -0.25) is 4.79 Å². The van der Waals surface area contributed by atoms with Crippen molar-refractivity contribution in [2.75, 3.05) is 16.8 Å². The number of carbonyl (C=O) groups excluding carboxylic acids is 2. The van der Waals surface area contributed by atoms with Crippen molar-refractivity contribution in [3.05, 3.63) is 58.3 Å². The van der Waals surface area contributed by atoms with E-state index in [4.69, 9.17) is 0 Å². The van der Waals surface area contributed by atoms with Crippen LogP contribution in [0.4, 0.5) is 20.6 Å². The van der Waals surface area contributed by atoms with Gasteiger partial charge in [0.05, 0.1) is 6.04 Å². The highest BCUT2D eigenvalue weighted by molar-refractivity contribution is 9.10. The maximum Gasteiger partial charge on any atom is 0.319 e. The number of hydrogen-bond acceptors (Lipinski definition) is 2. The molecule has 3 rings (SSSR count). The molecule has 25 heavy (non-hydrogen) atoms. The van der Waals surface area contributed by atoms with Crippen LogP contribution in [-0.4, -0.2) is 24.5 Å². The normalized spacial score (nSPS) is 16.8. The Hall–Kier alpha value is -2.41. The molecule has 2 aromatic rings. The summed E-state index contributed by atoms with van der Waals surface area (Å²) in [6.07, 6.45) is 0.212. The van der Waals surface area contributed by atoms with Gasteiger partial charge in [0.15, 0.2) is 0 Å². The molecule has 0 radical (unpaired) electrons. The molecule has 0 spiro atoms.